The summed E-state index contributed by atoms with van der Waals surface area (Å²) >= 11 is 0. The number of rotatable bonds is 1. The van der Waals surface area contributed by atoms with E-state index in [4.69, 9.17) is 4.42 Å². The minimum Gasteiger partial charge on any atom is -0.464 e. The van der Waals surface area contributed by atoms with Gasteiger partial charge in [0.1, 0.15) is 11.5 Å². The Kier molecular flexibility index (Phi) is 2.57. The molecule has 1 aromatic rings. The minimum atomic E-state index is -0.707. The smallest absolute Gasteiger partial charge is 0.195 e. The molecule has 1 heterocycles. The van der Waals surface area contributed by atoms with E-state index in [0.29, 0.717) is 29.1 Å². The van der Waals surface area contributed by atoms with E-state index < -0.39 is 5.41 Å². The first kappa shape index (κ1) is 11.8. The SMILES string of the molecule is CC[C@]1(C)C(=O)C=Cc2c1oc(C)c(C)c2=O. The van der Waals surface area contributed by atoms with Crippen molar-refractivity contribution in [3.63, 3.8) is 0 Å². The van der Waals surface area contributed by atoms with E-state index in [1.807, 2.05) is 13.8 Å². The molecule has 0 saturated heterocycles. The lowest BCUT2D eigenvalue weighted by atomic mass is 9.75. The van der Waals surface area contributed by atoms with Crippen molar-refractivity contribution in [1.29, 1.82) is 0 Å². The third kappa shape index (κ3) is 1.49. The fourth-order valence-corrected chi connectivity index (χ4v) is 2.10. The minimum absolute atomic E-state index is 0.00102. The summed E-state index contributed by atoms with van der Waals surface area (Å²) in [7, 11) is 0. The highest BCUT2D eigenvalue weighted by Gasteiger charge is 2.39. The van der Waals surface area contributed by atoms with Crippen molar-refractivity contribution in [1.82, 2.24) is 0 Å². The second-order valence-corrected chi connectivity index (χ2v) is 4.74. The summed E-state index contributed by atoms with van der Waals surface area (Å²) in [5, 5.41) is 0. The van der Waals surface area contributed by atoms with E-state index >= 15 is 0 Å². The van der Waals surface area contributed by atoms with Gasteiger partial charge in [-0.2, -0.15) is 0 Å². The van der Waals surface area contributed by atoms with Crippen LogP contribution in [0.4, 0.5) is 0 Å². The fourth-order valence-electron chi connectivity index (χ4n) is 2.10. The van der Waals surface area contributed by atoms with E-state index in [9.17, 15) is 9.59 Å². The Morgan fingerprint density at radius 1 is 1.24 bits per heavy atom. The molecule has 1 aliphatic rings. The van der Waals surface area contributed by atoms with Crippen LogP contribution in [0.15, 0.2) is 15.3 Å². The number of ketones is 1. The Bertz CT molecular complexity index is 578. The maximum Gasteiger partial charge on any atom is 0.195 e. The summed E-state index contributed by atoms with van der Waals surface area (Å²) in [5.74, 6) is 1.11. The molecule has 3 heteroatoms. The van der Waals surface area contributed by atoms with E-state index in [0.717, 1.165) is 0 Å². The molecular weight excluding hydrogens is 216 g/mol. The predicted molar refractivity (Wildman–Crippen MR) is 66.1 cm³/mol. The highest BCUT2D eigenvalue weighted by molar-refractivity contribution is 6.04. The van der Waals surface area contributed by atoms with Gasteiger partial charge in [-0.3, -0.25) is 9.59 Å². The van der Waals surface area contributed by atoms with Crippen molar-refractivity contribution in [2.75, 3.05) is 0 Å². The third-order valence-electron chi connectivity index (χ3n) is 3.77. The number of carbonyl (C=O) groups excluding carboxylic acids is 1. The lowest BCUT2D eigenvalue weighted by Gasteiger charge is -2.28. The van der Waals surface area contributed by atoms with Crippen LogP contribution in [0.2, 0.25) is 0 Å². The summed E-state index contributed by atoms with van der Waals surface area (Å²) in [6.45, 7) is 7.26. The molecule has 17 heavy (non-hydrogen) atoms. The average Bonchev–Trinajstić information content (AvgIpc) is 2.32. The van der Waals surface area contributed by atoms with Gasteiger partial charge in [0, 0.05) is 5.56 Å². The number of hydrogen-bond donors (Lipinski definition) is 0. The molecular formula is C14H16O3. The zero-order valence-electron chi connectivity index (χ0n) is 10.6. The van der Waals surface area contributed by atoms with Gasteiger partial charge in [-0.25, -0.2) is 0 Å². The van der Waals surface area contributed by atoms with Crippen molar-refractivity contribution in [3.8, 4) is 0 Å². The van der Waals surface area contributed by atoms with Crippen LogP contribution >= 0.6 is 0 Å². The molecule has 0 fully saturated rings. The van der Waals surface area contributed by atoms with E-state index in [1.165, 1.54) is 6.08 Å². The molecule has 90 valence electrons. The van der Waals surface area contributed by atoms with Gasteiger partial charge in [0.15, 0.2) is 11.2 Å². The standard InChI is InChI=1S/C14H16O3/c1-5-14(4)11(15)7-6-10-12(16)8(2)9(3)17-13(10)14/h6-7H,5H2,1-4H3/t14-/m1/s1. The molecule has 3 nitrogen and oxygen atoms in total. The van der Waals surface area contributed by atoms with Gasteiger partial charge in [-0.05, 0) is 39.3 Å². The molecule has 0 unspecified atom stereocenters. The molecule has 0 spiro atoms. The maximum absolute atomic E-state index is 12.1. The number of allylic oxidation sites excluding steroid dienone is 1. The molecule has 0 saturated carbocycles. The van der Waals surface area contributed by atoms with Crippen molar-refractivity contribution in [2.24, 2.45) is 0 Å². The van der Waals surface area contributed by atoms with Crippen molar-refractivity contribution in [3.05, 3.63) is 38.9 Å². The highest BCUT2D eigenvalue weighted by atomic mass is 16.3. The van der Waals surface area contributed by atoms with Crippen LogP contribution in [0.25, 0.3) is 6.08 Å². The van der Waals surface area contributed by atoms with Crippen LogP contribution in [-0.2, 0) is 10.2 Å². The number of fused-ring (bicyclic) bond motifs is 1. The fraction of sp³-hybridized carbons (Fsp3) is 0.429. The lowest BCUT2D eigenvalue weighted by molar-refractivity contribution is -0.120. The van der Waals surface area contributed by atoms with E-state index in [-0.39, 0.29) is 11.2 Å². The van der Waals surface area contributed by atoms with Crippen molar-refractivity contribution in [2.45, 2.75) is 39.5 Å². The number of carbonyl (C=O) groups is 1. The highest BCUT2D eigenvalue weighted by Crippen LogP contribution is 2.35. The van der Waals surface area contributed by atoms with Crippen LogP contribution in [0.3, 0.4) is 0 Å². The number of aryl methyl sites for hydroxylation is 1. The summed E-state index contributed by atoms with van der Waals surface area (Å²) in [6, 6.07) is 0. The van der Waals surface area contributed by atoms with Crippen molar-refractivity contribution >= 4 is 11.9 Å². The van der Waals surface area contributed by atoms with E-state index in [2.05, 4.69) is 0 Å². The Morgan fingerprint density at radius 3 is 2.47 bits per heavy atom. The monoisotopic (exact) mass is 232 g/mol. The first-order valence-corrected chi connectivity index (χ1v) is 5.79. The van der Waals surface area contributed by atoms with E-state index in [1.54, 1.807) is 19.9 Å². The predicted octanol–water partition coefficient (Wildman–Crippen LogP) is 2.52. The Hall–Kier alpha value is -1.64. The molecule has 2 rings (SSSR count). The van der Waals surface area contributed by atoms with Gasteiger partial charge in [0.25, 0.3) is 0 Å². The van der Waals surface area contributed by atoms with Gasteiger partial charge in [-0.1, -0.05) is 6.92 Å². The first-order chi connectivity index (χ1) is 7.91. The summed E-state index contributed by atoms with van der Waals surface area (Å²) in [6.07, 6.45) is 3.68. The maximum atomic E-state index is 12.1. The molecule has 1 atom stereocenters. The second kappa shape index (κ2) is 3.69. The molecule has 0 amide bonds. The molecule has 1 aliphatic carbocycles. The van der Waals surface area contributed by atoms with Gasteiger partial charge in [0.05, 0.1) is 11.0 Å². The Balaban J connectivity index is 2.85. The van der Waals surface area contributed by atoms with Crippen LogP contribution in [0.1, 0.15) is 42.9 Å². The van der Waals surface area contributed by atoms with Crippen LogP contribution in [0, 0.1) is 13.8 Å². The molecule has 0 aliphatic heterocycles. The molecule has 0 aromatic carbocycles. The van der Waals surface area contributed by atoms with Crippen LogP contribution in [-0.4, -0.2) is 5.78 Å². The largest absolute Gasteiger partial charge is 0.464 e. The van der Waals surface area contributed by atoms with Crippen molar-refractivity contribution < 1.29 is 9.21 Å². The topological polar surface area (TPSA) is 47.3 Å². The Labute approximate surface area is 100 Å². The van der Waals surface area contributed by atoms with Crippen LogP contribution in [0.5, 0.6) is 0 Å². The van der Waals surface area contributed by atoms with Gasteiger partial charge in [0.2, 0.25) is 0 Å². The first-order valence-electron chi connectivity index (χ1n) is 5.79. The third-order valence-corrected chi connectivity index (χ3v) is 3.77. The molecule has 0 bridgehead atoms. The second-order valence-electron chi connectivity index (χ2n) is 4.74. The zero-order valence-corrected chi connectivity index (χ0v) is 10.6. The van der Waals surface area contributed by atoms with Gasteiger partial charge >= 0.3 is 0 Å². The molecule has 1 aromatic heterocycles. The summed E-state index contributed by atoms with van der Waals surface area (Å²) < 4.78 is 5.72. The van der Waals surface area contributed by atoms with Crippen LogP contribution < -0.4 is 5.43 Å². The number of hydrogen-bond acceptors (Lipinski definition) is 3. The van der Waals surface area contributed by atoms with Gasteiger partial charge < -0.3 is 4.42 Å². The summed E-state index contributed by atoms with van der Waals surface area (Å²) in [5.41, 5.74) is 0.396. The quantitative estimate of drug-likeness (QED) is 0.747. The van der Waals surface area contributed by atoms with Gasteiger partial charge in [-0.15, -0.1) is 0 Å². The normalized spacial score (nSPS) is 22.7. The zero-order chi connectivity index (χ0) is 12.8. The Morgan fingerprint density at radius 2 is 1.88 bits per heavy atom. The average molecular weight is 232 g/mol. The molecule has 0 radical (unpaired) electrons. The summed E-state index contributed by atoms with van der Waals surface area (Å²) in [4.78, 5) is 24.1. The molecule has 0 N–H and O–H groups in total. The lowest BCUT2D eigenvalue weighted by Crippen LogP contribution is -2.36.